The molecule has 1 aliphatic rings. The monoisotopic (exact) mass is 338 g/mol. The van der Waals surface area contributed by atoms with Gasteiger partial charge in [-0.1, -0.05) is 35.3 Å². The molecule has 0 aliphatic carbocycles. The van der Waals surface area contributed by atoms with Gasteiger partial charge in [0.05, 0.1) is 0 Å². The van der Waals surface area contributed by atoms with Crippen molar-refractivity contribution in [2.45, 2.75) is 17.4 Å². The van der Waals surface area contributed by atoms with Crippen molar-refractivity contribution in [2.75, 3.05) is 13.6 Å². The molecule has 1 heterocycles. The Balaban J connectivity index is 2.09. The minimum absolute atomic E-state index is 0.223. The summed E-state index contributed by atoms with van der Waals surface area (Å²) in [7, 11) is 2.09. The number of nitrogens with zero attached hydrogens (tertiary/aromatic N) is 1. The predicted molar refractivity (Wildman–Crippen MR) is 87.4 cm³/mol. The maximum absolute atomic E-state index is 10.8. The fraction of sp³-hybridized carbons (Fsp3) is 0.250. The molecule has 2 aromatic carbocycles. The molecular formula is C16H14Cl2NOS+. The van der Waals surface area contributed by atoms with Crippen LogP contribution in [-0.4, -0.2) is 18.5 Å². The summed E-state index contributed by atoms with van der Waals surface area (Å²) in [5, 5.41) is 1.39. The lowest BCUT2D eigenvalue weighted by Crippen LogP contribution is -2.31. The van der Waals surface area contributed by atoms with Crippen LogP contribution in [0.4, 0.5) is 0 Å². The highest BCUT2D eigenvalue weighted by Crippen LogP contribution is 2.38. The van der Waals surface area contributed by atoms with E-state index in [1.54, 1.807) is 6.07 Å². The lowest BCUT2D eigenvalue weighted by molar-refractivity contribution is 0.295. The predicted octanol–water partition coefficient (Wildman–Crippen LogP) is 4.36. The normalized spacial score (nSPS) is 18.3. The SMILES string of the molecule is CN1Cc2c(Cl)cc(Cl)cc2[C@H](c2ccc([S+]=O)cc2)C1. The Morgan fingerprint density at radius 3 is 2.57 bits per heavy atom. The molecule has 0 saturated carbocycles. The van der Waals surface area contributed by atoms with E-state index < -0.39 is 0 Å². The third kappa shape index (κ3) is 2.97. The minimum atomic E-state index is 0.223. The first-order valence-electron chi connectivity index (χ1n) is 6.64. The van der Waals surface area contributed by atoms with E-state index in [0.29, 0.717) is 16.7 Å². The molecule has 108 valence electrons. The highest BCUT2D eigenvalue weighted by Gasteiger charge is 2.27. The van der Waals surface area contributed by atoms with Crippen LogP contribution < -0.4 is 0 Å². The van der Waals surface area contributed by atoms with E-state index in [-0.39, 0.29) is 5.92 Å². The topological polar surface area (TPSA) is 20.3 Å². The van der Waals surface area contributed by atoms with Crippen molar-refractivity contribution in [2.24, 2.45) is 0 Å². The molecule has 0 radical (unpaired) electrons. The molecule has 0 spiro atoms. The van der Waals surface area contributed by atoms with E-state index >= 15 is 0 Å². The summed E-state index contributed by atoms with van der Waals surface area (Å²) >= 11 is 13.0. The Hall–Kier alpha value is -1.00. The van der Waals surface area contributed by atoms with Crippen molar-refractivity contribution in [1.82, 2.24) is 4.90 Å². The number of benzene rings is 2. The summed E-state index contributed by atoms with van der Waals surface area (Å²) < 4.78 is 10.8. The van der Waals surface area contributed by atoms with Gasteiger partial charge in [-0.25, -0.2) is 0 Å². The fourth-order valence-electron chi connectivity index (χ4n) is 2.89. The van der Waals surface area contributed by atoms with Crippen LogP contribution in [0.2, 0.25) is 10.0 Å². The molecule has 3 rings (SSSR count). The Kier molecular flexibility index (Phi) is 4.27. The fourth-order valence-corrected chi connectivity index (χ4v) is 3.70. The third-order valence-electron chi connectivity index (χ3n) is 3.87. The molecule has 0 saturated heterocycles. The molecular weight excluding hydrogens is 325 g/mol. The Labute approximate surface area is 138 Å². The van der Waals surface area contributed by atoms with Gasteiger partial charge in [0.2, 0.25) is 0 Å². The van der Waals surface area contributed by atoms with Crippen molar-refractivity contribution < 1.29 is 4.21 Å². The first kappa shape index (κ1) is 14.9. The third-order valence-corrected chi connectivity index (χ3v) is 4.89. The summed E-state index contributed by atoms with van der Waals surface area (Å²) in [5.41, 5.74) is 3.51. The quantitative estimate of drug-likeness (QED) is 0.758. The van der Waals surface area contributed by atoms with Crippen LogP contribution in [0.5, 0.6) is 0 Å². The zero-order valence-electron chi connectivity index (χ0n) is 11.5. The van der Waals surface area contributed by atoms with Crippen LogP contribution in [-0.2, 0) is 22.4 Å². The van der Waals surface area contributed by atoms with Crippen molar-refractivity contribution in [1.29, 1.82) is 0 Å². The van der Waals surface area contributed by atoms with Gasteiger partial charge < -0.3 is 4.90 Å². The maximum atomic E-state index is 10.8. The van der Waals surface area contributed by atoms with Crippen LogP contribution in [0.1, 0.15) is 22.6 Å². The van der Waals surface area contributed by atoms with Gasteiger partial charge in [0.25, 0.3) is 4.90 Å². The first-order chi connectivity index (χ1) is 10.1. The standard InChI is InChI=1S/C16H14Cl2NOS/c1-19-8-14(10-2-4-12(21-20)5-3-10)13-6-11(17)7-16(18)15(13)9-19/h2-7,14H,8-9H2,1H3/q+1/t14-/m0/s1. The van der Waals surface area contributed by atoms with Crippen molar-refractivity contribution >= 4 is 34.9 Å². The van der Waals surface area contributed by atoms with Gasteiger partial charge in [-0.05, 0) is 35.9 Å². The van der Waals surface area contributed by atoms with Crippen molar-refractivity contribution in [3.63, 3.8) is 0 Å². The molecule has 2 aromatic rings. The number of fused-ring (bicyclic) bond motifs is 1. The van der Waals surface area contributed by atoms with E-state index in [2.05, 4.69) is 11.9 Å². The summed E-state index contributed by atoms with van der Waals surface area (Å²) in [6.07, 6.45) is 0. The van der Waals surface area contributed by atoms with Crippen LogP contribution in [0, 0.1) is 0 Å². The summed E-state index contributed by atoms with van der Waals surface area (Å²) in [6, 6.07) is 11.6. The molecule has 5 heteroatoms. The number of halogens is 2. The van der Waals surface area contributed by atoms with Crippen LogP contribution in [0.3, 0.4) is 0 Å². The Bertz CT molecular complexity index is 687. The van der Waals surface area contributed by atoms with Crippen LogP contribution in [0.25, 0.3) is 0 Å². The molecule has 21 heavy (non-hydrogen) atoms. The second kappa shape index (κ2) is 6.01. The summed E-state index contributed by atoms with van der Waals surface area (Å²) in [5.74, 6) is 0.223. The van der Waals surface area contributed by atoms with Crippen LogP contribution in [0.15, 0.2) is 41.3 Å². The first-order valence-corrected chi connectivity index (χ1v) is 8.14. The van der Waals surface area contributed by atoms with Crippen molar-refractivity contribution in [3.05, 3.63) is 63.1 Å². The van der Waals surface area contributed by atoms with Gasteiger partial charge in [-0.15, -0.1) is 0 Å². The van der Waals surface area contributed by atoms with Gasteiger partial charge in [0.15, 0.2) is 0 Å². The maximum Gasteiger partial charge on any atom is 0.505 e. The second-order valence-corrected chi connectivity index (χ2v) is 6.84. The number of likely N-dealkylation sites (N-methyl/N-ethyl adjacent to an activating group) is 1. The number of hydrogen-bond acceptors (Lipinski definition) is 2. The highest BCUT2D eigenvalue weighted by atomic mass is 35.5. The Morgan fingerprint density at radius 2 is 1.90 bits per heavy atom. The zero-order chi connectivity index (χ0) is 15.0. The average molecular weight is 339 g/mol. The van der Waals surface area contributed by atoms with Gasteiger partial charge in [-0.2, -0.15) is 0 Å². The van der Waals surface area contributed by atoms with E-state index in [0.717, 1.165) is 28.6 Å². The van der Waals surface area contributed by atoms with Gasteiger partial charge in [0.1, 0.15) is 0 Å². The molecule has 1 aliphatic heterocycles. The zero-order valence-corrected chi connectivity index (χ0v) is 13.8. The largest absolute Gasteiger partial charge is 0.505 e. The highest BCUT2D eigenvalue weighted by molar-refractivity contribution is 7.65. The number of hydrogen-bond donors (Lipinski definition) is 0. The lowest BCUT2D eigenvalue weighted by Gasteiger charge is -2.33. The van der Waals surface area contributed by atoms with E-state index in [1.165, 1.54) is 11.1 Å². The molecule has 2 nitrogen and oxygen atoms in total. The molecule has 0 bridgehead atoms. The minimum Gasteiger partial charge on any atom is -0.301 e. The summed E-state index contributed by atoms with van der Waals surface area (Å²) in [6.45, 7) is 1.74. The Morgan fingerprint density at radius 1 is 1.19 bits per heavy atom. The molecule has 0 fully saturated rings. The average Bonchev–Trinajstić information content (AvgIpc) is 2.47. The van der Waals surface area contributed by atoms with Gasteiger partial charge in [0, 0.05) is 45.4 Å². The van der Waals surface area contributed by atoms with E-state index in [1.807, 2.05) is 30.3 Å². The molecule has 0 N–H and O–H groups in total. The van der Waals surface area contributed by atoms with Crippen molar-refractivity contribution in [3.8, 4) is 0 Å². The summed E-state index contributed by atoms with van der Waals surface area (Å²) in [4.78, 5) is 2.98. The molecule has 1 atom stereocenters. The molecule has 0 aromatic heterocycles. The van der Waals surface area contributed by atoms with E-state index in [9.17, 15) is 4.21 Å². The van der Waals surface area contributed by atoms with E-state index in [4.69, 9.17) is 23.2 Å². The van der Waals surface area contributed by atoms with Crippen LogP contribution >= 0.6 is 23.2 Å². The van der Waals surface area contributed by atoms with Gasteiger partial charge in [-0.3, -0.25) is 0 Å². The number of rotatable bonds is 2. The lowest BCUT2D eigenvalue weighted by atomic mass is 9.85. The smallest absolute Gasteiger partial charge is 0.301 e. The molecule has 0 amide bonds. The second-order valence-electron chi connectivity index (χ2n) is 5.36. The molecule has 0 unspecified atom stereocenters. The van der Waals surface area contributed by atoms with Gasteiger partial charge >= 0.3 is 11.7 Å².